The molecule has 0 bridgehead atoms. The molecule has 9 nitrogen and oxygen atoms in total. The van der Waals surface area contributed by atoms with Crippen LogP contribution in [-0.2, 0) is 22.6 Å². The summed E-state index contributed by atoms with van der Waals surface area (Å²) in [6.07, 6.45) is 0.606. The first-order valence-electron chi connectivity index (χ1n) is 9.73. The van der Waals surface area contributed by atoms with Crippen molar-refractivity contribution in [2.24, 2.45) is 0 Å². The van der Waals surface area contributed by atoms with E-state index in [1.165, 1.54) is 5.56 Å². The van der Waals surface area contributed by atoms with E-state index in [-0.39, 0.29) is 0 Å². The zero-order valence-electron chi connectivity index (χ0n) is 17.3. The van der Waals surface area contributed by atoms with E-state index in [1.54, 1.807) is 7.11 Å². The van der Waals surface area contributed by atoms with Crippen LogP contribution in [0.15, 0.2) is 53.1 Å². The lowest BCUT2D eigenvalue weighted by Gasteiger charge is -2.37. The first-order chi connectivity index (χ1) is 15.4. The van der Waals surface area contributed by atoms with Gasteiger partial charge in [0.2, 0.25) is 5.89 Å². The Morgan fingerprint density at radius 1 is 1.12 bits per heavy atom. The van der Waals surface area contributed by atoms with E-state index >= 15 is 0 Å². The van der Waals surface area contributed by atoms with E-state index in [9.17, 15) is 0 Å². The number of ether oxygens (including phenoxy) is 1. The van der Waals surface area contributed by atoms with Crippen molar-refractivity contribution < 1.29 is 29.1 Å². The highest BCUT2D eigenvalue weighted by molar-refractivity contribution is 6.30. The Balaban J connectivity index is 0.000000427. The molecule has 32 heavy (non-hydrogen) atoms. The van der Waals surface area contributed by atoms with Gasteiger partial charge >= 0.3 is 11.9 Å². The van der Waals surface area contributed by atoms with Gasteiger partial charge in [-0.25, -0.2) is 9.59 Å². The summed E-state index contributed by atoms with van der Waals surface area (Å²) in [6.45, 7) is 2.77. The molecule has 1 aliphatic heterocycles. The van der Waals surface area contributed by atoms with Crippen molar-refractivity contribution in [1.82, 2.24) is 15.0 Å². The summed E-state index contributed by atoms with van der Waals surface area (Å²) < 4.78 is 10.9. The summed E-state index contributed by atoms with van der Waals surface area (Å²) in [7, 11) is 1.67. The largest absolute Gasteiger partial charge is 0.496 e. The molecular formula is C22H22ClN3O6. The number of methoxy groups -OCH3 is 1. The molecule has 2 N–H and O–H groups in total. The number of hydrogen-bond donors (Lipinski definition) is 2. The van der Waals surface area contributed by atoms with Crippen LogP contribution < -0.4 is 4.74 Å². The number of carboxylic acid groups (broad SMARTS) is 2. The van der Waals surface area contributed by atoms with Crippen LogP contribution in [-0.4, -0.2) is 57.4 Å². The Bertz CT molecular complexity index is 1050. The molecule has 0 radical (unpaired) electrons. The Hall–Kier alpha value is -3.43. The van der Waals surface area contributed by atoms with Gasteiger partial charge in [0.1, 0.15) is 5.75 Å². The molecule has 1 fully saturated rings. The SMILES string of the molecule is COc1ccccc1Cc1noc(C2CN(Cc3ccc(Cl)cc3)C2)n1.O=C(O)C(=O)O. The van der Waals surface area contributed by atoms with Crippen molar-refractivity contribution in [2.75, 3.05) is 20.2 Å². The lowest BCUT2D eigenvalue weighted by molar-refractivity contribution is -0.159. The first kappa shape index (κ1) is 23.2. The lowest BCUT2D eigenvalue weighted by atomic mass is 9.99. The van der Waals surface area contributed by atoms with Gasteiger partial charge < -0.3 is 19.5 Å². The minimum absolute atomic E-state index is 0.307. The zero-order valence-corrected chi connectivity index (χ0v) is 18.0. The molecule has 4 rings (SSSR count). The van der Waals surface area contributed by atoms with Gasteiger partial charge in [-0.1, -0.05) is 47.1 Å². The molecule has 2 heterocycles. The van der Waals surface area contributed by atoms with Crippen molar-refractivity contribution in [3.8, 4) is 5.75 Å². The monoisotopic (exact) mass is 459 g/mol. The van der Waals surface area contributed by atoms with Gasteiger partial charge in [0.15, 0.2) is 5.82 Å². The van der Waals surface area contributed by atoms with Crippen LogP contribution >= 0.6 is 11.6 Å². The van der Waals surface area contributed by atoms with Crippen molar-refractivity contribution >= 4 is 23.5 Å². The smallest absolute Gasteiger partial charge is 0.414 e. The maximum absolute atomic E-state index is 9.10. The standard InChI is InChI=1S/C20H20ClN3O2.C2H2O4/c1-25-18-5-3-2-4-15(18)10-19-22-20(26-23-19)16-12-24(13-16)11-14-6-8-17(21)9-7-14;3-1(4)2(5)6/h2-9,16H,10-13H2,1H3;(H,3,4)(H,5,6). The number of halogens is 1. The van der Waals surface area contributed by atoms with Crippen molar-refractivity contribution in [2.45, 2.75) is 18.9 Å². The number of rotatable bonds is 6. The minimum atomic E-state index is -1.82. The maximum Gasteiger partial charge on any atom is 0.414 e. The quantitative estimate of drug-likeness (QED) is 0.534. The van der Waals surface area contributed by atoms with Gasteiger partial charge in [0.25, 0.3) is 0 Å². The average molecular weight is 460 g/mol. The molecule has 0 saturated carbocycles. The Kier molecular flexibility index (Phi) is 7.80. The highest BCUT2D eigenvalue weighted by Gasteiger charge is 2.32. The van der Waals surface area contributed by atoms with Crippen molar-refractivity contribution in [3.05, 3.63) is 76.4 Å². The van der Waals surface area contributed by atoms with Crippen LogP contribution in [0.25, 0.3) is 0 Å². The summed E-state index contributed by atoms with van der Waals surface area (Å²) in [4.78, 5) is 25.1. The highest BCUT2D eigenvalue weighted by Crippen LogP contribution is 2.28. The Labute approximate surface area is 189 Å². The second-order valence-corrected chi connectivity index (χ2v) is 7.60. The second-order valence-electron chi connectivity index (χ2n) is 7.17. The molecule has 0 amide bonds. The number of aromatic nitrogens is 2. The third-order valence-corrected chi connectivity index (χ3v) is 5.09. The normalized spacial score (nSPS) is 13.6. The number of hydrogen-bond acceptors (Lipinski definition) is 7. The molecule has 1 aliphatic rings. The van der Waals surface area contributed by atoms with E-state index in [1.807, 2.05) is 36.4 Å². The number of para-hydroxylation sites is 1. The molecule has 3 aromatic rings. The molecule has 1 aromatic heterocycles. The van der Waals surface area contributed by atoms with Crippen LogP contribution in [0.5, 0.6) is 5.75 Å². The van der Waals surface area contributed by atoms with Gasteiger partial charge in [-0.3, -0.25) is 4.90 Å². The van der Waals surface area contributed by atoms with Crippen LogP contribution in [0.2, 0.25) is 5.02 Å². The Morgan fingerprint density at radius 2 is 1.78 bits per heavy atom. The number of carboxylic acids is 2. The third-order valence-electron chi connectivity index (χ3n) is 4.83. The predicted molar refractivity (Wildman–Crippen MR) is 115 cm³/mol. The molecule has 168 valence electrons. The summed E-state index contributed by atoms with van der Waals surface area (Å²) in [5.41, 5.74) is 2.32. The summed E-state index contributed by atoms with van der Waals surface area (Å²) in [5, 5.41) is 19.7. The van der Waals surface area contributed by atoms with Gasteiger partial charge in [0, 0.05) is 36.6 Å². The number of benzene rings is 2. The lowest BCUT2D eigenvalue weighted by Crippen LogP contribution is -2.44. The summed E-state index contributed by atoms with van der Waals surface area (Å²) in [6, 6.07) is 15.9. The molecule has 2 aromatic carbocycles. The fraction of sp³-hybridized carbons (Fsp3) is 0.273. The molecular weight excluding hydrogens is 438 g/mol. The minimum Gasteiger partial charge on any atom is -0.496 e. The molecule has 1 saturated heterocycles. The Morgan fingerprint density at radius 3 is 2.41 bits per heavy atom. The molecule has 0 unspecified atom stereocenters. The van der Waals surface area contributed by atoms with E-state index in [4.69, 9.17) is 40.7 Å². The van der Waals surface area contributed by atoms with E-state index in [0.29, 0.717) is 18.2 Å². The molecule has 0 spiro atoms. The fourth-order valence-electron chi connectivity index (χ4n) is 3.23. The van der Waals surface area contributed by atoms with E-state index < -0.39 is 11.9 Å². The molecule has 0 aliphatic carbocycles. The van der Waals surface area contributed by atoms with Gasteiger partial charge in [-0.05, 0) is 23.8 Å². The van der Waals surface area contributed by atoms with Gasteiger partial charge in [-0.15, -0.1) is 0 Å². The van der Waals surface area contributed by atoms with Crippen LogP contribution in [0.1, 0.15) is 28.8 Å². The zero-order chi connectivity index (χ0) is 23.1. The van der Waals surface area contributed by atoms with Gasteiger partial charge in [0.05, 0.1) is 13.0 Å². The van der Waals surface area contributed by atoms with Crippen molar-refractivity contribution in [1.29, 1.82) is 0 Å². The van der Waals surface area contributed by atoms with Crippen LogP contribution in [0.3, 0.4) is 0 Å². The predicted octanol–water partition coefficient (Wildman–Crippen LogP) is 3.08. The number of likely N-dealkylation sites (tertiary alicyclic amines) is 1. The molecule has 10 heteroatoms. The topological polar surface area (TPSA) is 126 Å². The van der Waals surface area contributed by atoms with Crippen molar-refractivity contribution in [3.63, 3.8) is 0 Å². The summed E-state index contributed by atoms with van der Waals surface area (Å²) >= 11 is 5.93. The second kappa shape index (κ2) is 10.7. The fourth-order valence-corrected chi connectivity index (χ4v) is 3.35. The first-order valence-corrected chi connectivity index (χ1v) is 10.1. The number of nitrogens with zero attached hydrogens (tertiary/aromatic N) is 3. The summed E-state index contributed by atoms with van der Waals surface area (Å²) in [5.74, 6) is -1.08. The maximum atomic E-state index is 9.10. The third kappa shape index (κ3) is 6.29. The number of carbonyl (C=O) groups is 2. The van der Waals surface area contributed by atoms with E-state index in [0.717, 1.165) is 41.9 Å². The van der Waals surface area contributed by atoms with E-state index in [2.05, 4.69) is 27.2 Å². The van der Waals surface area contributed by atoms with Crippen LogP contribution in [0.4, 0.5) is 0 Å². The number of aliphatic carboxylic acids is 2. The van der Waals surface area contributed by atoms with Crippen LogP contribution in [0, 0.1) is 0 Å². The van der Waals surface area contributed by atoms with Gasteiger partial charge in [-0.2, -0.15) is 4.98 Å². The average Bonchev–Trinajstić information content (AvgIpc) is 3.20. The molecule has 0 atom stereocenters. The highest BCUT2D eigenvalue weighted by atomic mass is 35.5.